The number of hydrogen-bond donors (Lipinski definition) is 1. The summed E-state index contributed by atoms with van der Waals surface area (Å²) in [5.74, 6) is 0.112. The maximum atomic E-state index is 12.7. The molecule has 3 rings (SSSR count). The van der Waals surface area contributed by atoms with Crippen LogP contribution in [0.15, 0.2) is 58.6 Å². The largest absolute Gasteiger partial charge is 0.325 e. The van der Waals surface area contributed by atoms with Crippen LogP contribution in [0.1, 0.15) is 23.9 Å². The van der Waals surface area contributed by atoms with Gasteiger partial charge in [0.25, 0.3) is 0 Å². The van der Waals surface area contributed by atoms with Crippen LogP contribution in [0.25, 0.3) is 0 Å². The van der Waals surface area contributed by atoms with Crippen LogP contribution in [0, 0.1) is 13.8 Å². The molecule has 2 aromatic carbocycles. The van der Waals surface area contributed by atoms with Gasteiger partial charge in [-0.2, -0.15) is 0 Å². The van der Waals surface area contributed by atoms with Crippen LogP contribution in [0.4, 0.5) is 5.69 Å². The monoisotopic (exact) mass is 444 g/mol. The highest BCUT2D eigenvalue weighted by Crippen LogP contribution is 2.22. The number of anilines is 1. The number of aromatic nitrogens is 3. The molecule has 0 unspecified atom stereocenters. The van der Waals surface area contributed by atoms with Gasteiger partial charge in [0.2, 0.25) is 5.91 Å². The Labute approximate surface area is 180 Å². The van der Waals surface area contributed by atoms with Gasteiger partial charge in [-0.15, -0.1) is 10.2 Å². The number of aryl methyl sites for hydroxylation is 2. The molecule has 0 aliphatic heterocycles. The molecule has 0 atom stereocenters. The summed E-state index contributed by atoms with van der Waals surface area (Å²) in [4.78, 5) is 12.6. The number of rotatable bonds is 8. The minimum Gasteiger partial charge on any atom is -0.325 e. The number of benzene rings is 2. The predicted molar refractivity (Wildman–Crippen MR) is 118 cm³/mol. The summed E-state index contributed by atoms with van der Waals surface area (Å²) in [6.07, 6.45) is 0. The number of hydrogen-bond acceptors (Lipinski definition) is 6. The van der Waals surface area contributed by atoms with E-state index in [1.165, 1.54) is 11.8 Å². The van der Waals surface area contributed by atoms with E-state index in [-0.39, 0.29) is 22.3 Å². The average molecular weight is 445 g/mol. The molecule has 3 aromatic rings. The highest BCUT2D eigenvalue weighted by atomic mass is 32.2. The van der Waals surface area contributed by atoms with Gasteiger partial charge in [-0.3, -0.25) is 4.79 Å². The second-order valence-electron chi connectivity index (χ2n) is 6.87. The third-order valence-electron chi connectivity index (χ3n) is 4.53. The molecule has 1 aromatic heterocycles. The van der Waals surface area contributed by atoms with Crippen molar-refractivity contribution in [2.45, 2.75) is 43.1 Å². The van der Waals surface area contributed by atoms with Crippen molar-refractivity contribution in [3.05, 3.63) is 65.5 Å². The van der Waals surface area contributed by atoms with Gasteiger partial charge in [-0.05, 0) is 50.1 Å². The Bertz CT molecular complexity index is 1140. The Balaban J connectivity index is 1.68. The SMILES string of the molecule is CCn1c(CS(=O)(=O)c2ccccc2)nnc1SCC(=O)Nc1cc(C)ccc1C. The van der Waals surface area contributed by atoms with Gasteiger partial charge in [0.1, 0.15) is 11.6 Å². The van der Waals surface area contributed by atoms with Crippen molar-refractivity contribution < 1.29 is 13.2 Å². The van der Waals surface area contributed by atoms with E-state index in [4.69, 9.17) is 0 Å². The normalized spacial score (nSPS) is 11.4. The van der Waals surface area contributed by atoms with Crippen molar-refractivity contribution in [3.8, 4) is 0 Å². The van der Waals surface area contributed by atoms with Gasteiger partial charge >= 0.3 is 0 Å². The molecule has 1 N–H and O–H groups in total. The van der Waals surface area contributed by atoms with Crippen molar-refractivity contribution in [1.82, 2.24) is 14.8 Å². The maximum absolute atomic E-state index is 12.7. The molecule has 9 heteroatoms. The highest BCUT2D eigenvalue weighted by molar-refractivity contribution is 7.99. The number of sulfone groups is 1. The summed E-state index contributed by atoms with van der Waals surface area (Å²) >= 11 is 1.23. The molecular weight excluding hydrogens is 420 g/mol. The molecule has 1 heterocycles. The van der Waals surface area contributed by atoms with E-state index in [0.29, 0.717) is 17.5 Å². The first kappa shape index (κ1) is 22.0. The number of amides is 1. The lowest BCUT2D eigenvalue weighted by atomic mass is 10.1. The smallest absolute Gasteiger partial charge is 0.234 e. The third-order valence-corrected chi connectivity index (χ3v) is 7.13. The van der Waals surface area contributed by atoms with Crippen LogP contribution in [-0.2, 0) is 26.9 Å². The summed E-state index contributed by atoms with van der Waals surface area (Å²) in [6.45, 7) is 6.31. The van der Waals surface area contributed by atoms with Gasteiger partial charge < -0.3 is 9.88 Å². The van der Waals surface area contributed by atoms with E-state index >= 15 is 0 Å². The van der Waals surface area contributed by atoms with E-state index in [1.807, 2.05) is 39.0 Å². The Morgan fingerprint density at radius 2 is 1.83 bits per heavy atom. The lowest BCUT2D eigenvalue weighted by molar-refractivity contribution is -0.113. The fourth-order valence-corrected chi connectivity index (χ4v) is 5.03. The minimum atomic E-state index is -3.53. The lowest BCUT2D eigenvalue weighted by Gasteiger charge is -2.10. The second-order valence-corrected chi connectivity index (χ2v) is 9.80. The molecule has 0 aliphatic rings. The molecule has 0 bridgehead atoms. The van der Waals surface area contributed by atoms with Crippen molar-refractivity contribution >= 4 is 33.2 Å². The van der Waals surface area contributed by atoms with E-state index in [0.717, 1.165) is 16.8 Å². The van der Waals surface area contributed by atoms with E-state index < -0.39 is 9.84 Å². The van der Waals surface area contributed by atoms with Gasteiger partial charge in [-0.25, -0.2) is 8.42 Å². The molecule has 0 fully saturated rings. The number of nitrogens with zero attached hydrogens (tertiary/aromatic N) is 3. The first-order chi connectivity index (χ1) is 14.3. The molecule has 158 valence electrons. The van der Waals surface area contributed by atoms with Gasteiger partial charge in [-0.1, -0.05) is 42.1 Å². The summed E-state index contributed by atoms with van der Waals surface area (Å²) in [5, 5.41) is 11.6. The zero-order valence-electron chi connectivity index (χ0n) is 17.1. The fourth-order valence-electron chi connectivity index (χ4n) is 2.92. The van der Waals surface area contributed by atoms with Crippen molar-refractivity contribution in [2.24, 2.45) is 0 Å². The first-order valence-corrected chi connectivity index (χ1v) is 12.1. The summed E-state index contributed by atoms with van der Waals surface area (Å²) in [7, 11) is -3.53. The van der Waals surface area contributed by atoms with Crippen molar-refractivity contribution in [2.75, 3.05) is 11.1 Å². The molecule has 0 radical (unpaired) electrons. The van der Waals surface area contributed by atoms with Crippen LogP contribution in [0.5, 0.6) is 0 Å². The van der Waals surface area contributed by atoms with Crippen LogP contribution in [-0.4, -0.2) is 34.8 Å². The Kier molecular flexibility index (Phi) is 6.94. The van der Waals surface area contributed by atoms with Crippen molar-refractivity contribution in [1.29, 1.82) is 0 Å². The van der Waals surface area contributed by atoms with Crippen LogP contribution in [0.3, 0.4) is 0 Å². The Morgan fingerprint density at radius 3 is 2.53 bits per heavy atom. The summed E-state index contributed by atoms with van der Waals surface area (Å²) < 4.78 is 27.0. The number of nitrogens with one attached hydrogen (secondary N) is 1. The molecule has 0 spiro atoms. The molecule has 0 saturated heterocycles. The molecule has 0 aliphatic carbocycles. The topological polar surface area (TPSA) is 93.9 Å². The third kappa shape index (κ3) is 5.28. The Hall–Kier alpha value is -2.65. The second kappa shape index (κ2) is 9.44. The Morgan fingerprint density at radius 1 is 1.10 bits per heavy atom. The summed E-state index contributed by atoms with van der Waals surface area (Å²) in [6, 6.07) is 14.2. The maximum Gasteiger partial charge on any atom is 0.234 e. The van der Waals surface area contributed by atoms with E-state index in [2.05, 4.69) is 15.5 Å². The van der Waals surface area contributed by atoms with E-state index in [1.54, 1.807) is 34.9 Å². The molecule has 7 nitrogen and oxygen atoms in total. The van der Waals surface area contributed by atoms with Gasteiger partial charge in [0, 0.05) is 12.2 Å². The minimum absolute atomic E-state index is 0.150. The number of carbonyl (C=O) groups excluding carboxylic acids is 1. The fraction of sp³-hybridized carbons (Fsp3) is 0.286. The molecule has 0 saturated carbocycles. The van der Waals surface area contributed by atoms with E-state index in [9.17, 15) is 13.2 Å². The van der Waals surface area contributed by atoms with Gasteiger partial charge in [0.15, 0.2) is 15.0 Å². The van der Waals surface area contributed by atoms with Crippen LogP contribution >= 0.6 is 11.8 Å². The highest BCUT2D eigenvalue weighted by Gasteiger charge is 2.21. The van der Waals surface area contributed by atoms with Crippen molar-refractivity contribution in [3.63, 3.8) is 0 Å². The standard InChI is InChI=1S/C21H24N4O3S2/c1-4-25-19(14-30(27,28)17-8-6-5-7-9-17)23-24-21(25)29-13-20(26)22-18-12-15(2)10-11-16(18)3/h5-12H,4,13-14H2,1-3H3,(H,22,26). The quantitative estimate of drug-likeness (QED) is 0.533. The molecule has 30 heavy (non-hydrogen) atoms. The summed E-state index contributed by atoms with van der Waals surface area (Å²) in [5.41, 5.74) is 2.84. The first-order valence-electron chi connectivity index (χ1n) is 9.50. The zero-order valence-corrected chi connectivity index (χ0v) is 18.8. The predicted octanol–water partition coefficient (Wildman–Crippen LogP) is 3.62. The van der Waals surface area contributed by atoms with Crippen LogP contribution < -0.4 is 5.32 Å². The number of carbonyl (C=O) groups is 1. The molecular formula is C21H24N4O3S2. The average Bonchev–Trinajstić information content (AvgIpc) is 3.10. The molecule has 1 amide bonds. The van der Waals surface area contributed by atoms with Gasteiger partial charge in [0.05, 0.1) is 10.6 Å². The van der Waals surface area contributed by atoms with Crippen LogP contribution in [0.2, 0.25) is 0 Å². The lowest BCUT2D eigenvalue weighted by Crippen LogP contribution is -2.16. The number of thioether (sulfide) groups is 1. The zero-order chi connectivity index (χ0) is 21.7.